The molecule has 0 saturated carbocycles. The Hall–Kier alpha value is -2.41. The van der Waals surface area contributed by atoms with Gasteiger partial charge in [0.05, 0.1) is 6.61 Å². The molecule has 7 heteroatoms. The minimum absolute atomic E-state index is 0.204. The molecule has 0 aromatic rings. The summed E-state index contributed by atoms with van der Waals surface area (Å²) in [5, 5.41) is 27.5. The monoisotopic (exact) mass is 298 g/mol. The number of carboxylic acids is 3. The number of aliphatic carboxylic acids is 3. The number of hydrogen-bond acceptors (Lipinski definition) is 4. The molecule has 0 heterocycles. The van der Waals surface area contributed by atoms with Gasteiger partial charge in [-0.3, -0.25) is 4.79 Å². The van der Waals surface area contributed by atoms with E-state index in [2.05, 4.69) is 13.2 Å². The van der Waals surface area contributed by atoms with Crippen molar-refractivity contribution in [2.45, 2.75) is 18.9 Å². The van der Waals surface area contributed by atoms with E-state index < -0.39 is 29.4 Å². The Labute approximate surface area is 121 Å². The van der Waals surface area contributed by atoms with Gasteiger partial charge in [0.1, 0.15) is 5.92 Å². The molecule has 0 rings (SSSR count). The molecule has 0 spiro atoms. The molecule has 0 aliphatic rings. The summed E-state index contributed by atoms with van der Waals surface area (Å²) in [5.41, 5.74) is -2.45. The second-order valence-corrected chi connectivity index (χ2v) is 4.26. The van der Waals surface area contributed by atoms with Crippen molar-refractivity contribution in [1.29, 1.82) is 0 Å². The number of rotatable bonds is 10. The van der Waals surface area contributed by atoms with Crippen LogP contribution in [0.2, 0.25) is 0 Å². The molecule has 7 nitrogen and oxygen atoms in total. The molecule has 0 radical (unpaired) electrons. The first-order valence-corrected chi connectivity index (χ1v) is 5.96. The van der Waals surface area contributed by atoms with Crippen molar-refractivity contribution in [3.8, 4) is 0 Å². The van der Waals surface area contributed by atoms with Crippen LogP contribution in [0.5, 0.6) is 0 Å². The Kier molecular flexibility index (Phi) is 7.09. The third kappa shape index (κ3) is 4.57. The third-order valence-corrected chi connectivity index (χ3v) is 2.79. The number of hydrogen-bond donors (Lipinski definition) is 3. The molecule has 0 amide bonds. The lowest BCUT2D eigenvalue weighted by Gasteiger charge is -2.32. The van der Waals surface area contributed by atoms with Gasteiger partial charge in [-0.25, -0.2) is 9.59 Å². The van der Waals surface area contributed by atoms with E-state index >= 15 is 0 Å². The van der Waals surface area contributed by atoms with Gasteiger partial charge in [0.15, 0.2) is 5.60 Å². The van der Waals surface area contributed by atoms with Crippen molar-refractivity contribution in [1.82, 2.24) is 0 Å². The first-order valence-electron chi connectivity index (χ1n) is 5.96. The molecule has 116 valence electrons. The highest BCUT2D eigenvalue weighted by Crippen LogP contribution is 2.30. The van der Waals surface area contributed by atoms with Crippen LogP contribution in [0.4, 0.5) is 0 Å². The zero-order valence-electron chi connectivity index (χ0n) is 11.6. The largest absolute Gasteiger partial charge is 0.481 e. The molecule has 0 bridgehead atoms. The molecular weight excluding hydrogens is 280 g/mol. The van der Waals surface area contributed by atoms with Crippen LogP contribution in [-0.2, 0) is 19.1 Å². The average Bonchev–Trinajstić information content (AvgIpc) is 2.40. The predicted octanol–water partition coefficient (Wildman–Crippen LogP) is 1.32. The van der Waals surface area contributed by atoms with Crippen molar-refractivity contribution in [3.05, 3.63) is 37.0 Å². The van der Waals surface area contributed by atoms with Crippen LogP contribution in [0.3, 0.4) is 0 Å². The van der Waals surface area contributed by atoms with E-state index in [-0.39, 0.29) is 18.6 Å². The maximum Gasteiger partial charge on any atom is 0.337 e. The number of carboxylic acid groups (broad SMARTS) is 3. The Morgan fingerprint density at radius 3 is 2.10 bits per heavy atom. The lowest BCUT2D eigenvalue weighted by molar-refractivity contribution is -0.177. The molecular formula is C14H18O7. The summed E-state index contributed by atoms with van der Waals surface area (Å²) < 4.78 is 5.18. The van der Waals surface area contributed by atoms with Gasteiger partial charge in [0.2, 0.25) is 0 Å². The van der Waals surface area contributed by atoms with Crippen molar-refractivity contribution in [3.63, 3.8) is 0 Å². The smallest absolute Gasteiger partial charge is 0.337 e. The SMILES string of the molecule is C=CCOC(CC=C)(C(=O)O)C(C=C(C)C(=O)O)C(=O)O. The van der Waals surface area contributed by atoms with Crippen molar-refractivity contribution >= 4 is 17.9 Å². The van der Waals surface area contributed by atoms with E-state index in [4.69, 9.17) is 9.84 Å². The van der Waals surface area contributed by atoms with Crippen LogP contribution in [-0.4, -0.2) is 45.4 Å². The van der Waals surface area contributed by atoms with Crippen LogP contribution < -0.4 is 0 Å². The normalized spacial score (nSPS) is 15.6. The second-order valence-electron chi connectivity index (χ2n) is 4.26. The zero-order chi connectivity index (χ0) is 16.6. The molecule has 2 unspecified atom stereocenters. The Morgan fingerprint density at radius 1 is 1.19 bits per heavy atom. The van der Waals surface area contributed by atoms with Crippen LogP contribution in [0.15, 0.2) is 37.0 Å². The Balaban J connectivity index is 5.99. The van der Waals surface area contributed by atoms with Gasteiger partial charge in [-0.2, -0.15) is 0 Å². The fourth-order valence-corrected chi connectivity index (χ4v) is 1.71. The lowest BCUT2D eigenvalue weighted by Crippen LogP contribution is -2.50. The molecule has 0 aromatic heterocycles. The van der Waals surface area contributed by atoms with E-state index in [9.17, 15) is 24.6 Å². The van der Waals surface area contributed by atoms with Crippen molar-refractivity contribution in [2.75, 3.05) is 6.61 Å². The molecule has 0 saturated heterocycles. The Morgan fingerprint density at radius 2 is 1.76 bits per heavy atom. The maximum atomic E-state index is 11.6. The summed E-state index contributed by atoms with van der Waals surface area (Å²) in [5.74, 6) is -6.07. The molecule has 0 fully saturated rings. The molecule has 3 N–H and O–H groups in total. The summed E-state index contributed by atoms with van der Waals surface area (Å²) in [4.78, 5) is 33.8. The van der Waals surface area contributed by atoms with E-state index in [1.54, 1.807) is 0 Å². The highest BCUT2D eigenvalue weighted by atomic mass is 16.5. The topological polar surface area (TPSA) is 121 Å². The van der Waals surface area contributed by atoms with Crippen LogP contribution in [0.1, 0.15) is 13.3 Å². The van der Waals surface area contributed by atoms with Gasteiger partial charge < -0.3 is 20.1 Å². The molecule has 0 aliphatic heterocycles. The predicted molar refractivity (Wildman–Crippen MR) is 73.8 cm³/mol. The molecule has 2 atom stereocenters. The van der Waals surface area contributed by atoms with Crippen LogP contribution in [0.25, 0.3) is 0 Å². The minimum Gasteiger partial charge on any atom is -0.481 e. The molecule has 21 heavy (non-hydrogen) atoms. The summed E-state index contributed by atoms with van der Waals surface area (Å²) >= 11 is 0. The van der Waals surface area contributed by atoms with E-state index in [0.717, 1.165) is 6.08 Å². The Bertz CT molecular complexity index is 478. The summed E-state index contributed by atoms with van der Waals surface area (Å²) in [6.45, 7) is 7.74. The van der Waals surface area contributed by atoms with Gasteiger partial charge in [0, 0.05) is 12.0 Å². The fraction of sp³-hybridized carbons (Fsp3) is 0.357. The van der Waals surface area contributed by atoms with Gasteiger partial charge in [-0.15, -0.1) is 13.2 Å². The van der Waals surface area contributed by atoms with Crippen LogP contribution >= 0.6 is 0 Å². The quantitative estimate of drug-likeness (QED) is 0.410. The summed E-state index contributed by atoms with van der Waals surface area (Å²) in [7, 11) is 0. The zero-order valence-corrected chi connectivity index (χ0v) is 11.6. The molecule has 0 aliphatic carbocycles. The van der Waals surface area contributed by atoms with Gasteiger partial charge in [0.25, 0.3) is 0 Å². The van der Waals surface area contributed by atoms with E-state index in [1.807, 2.05) is 0 Å². The second kappa shape index (κ2) is 8.01. The third-order valence-electron chi connectivity index (χ3n) is 2.79. The van der Waals surface area contributed by atoms with Crippen LogP contribution in [0, 0.1) is 5.92 Å². The first kappa shape index (κ1) is 18.6. The lowest BCUT2D eigenvalue weighted by atomic mass is 9.82. The number of ether oxygens (including phenoxy) is 1. The standard InChI is InChI=1S/C14H18O7/c1-4-6-14(13(19)20,21-7-5-2)10(12(17)18)8-9(3)11(15)16/h4-5,8,10H,1-2,6-7H2,3H3,(H,15,16)(H,17,18)(H,19,20). The van der Waals surface area contributed by atoms with E-state index in [1.165, 1.54) is 19.1 Å². The highest BCUT2D eigenvalue weighted by molar-refractivity contribution is 5.91. The maximum absolute atomic E-state index is 11.6. The van der Waals surface area contributed by atoms with Gasteiger partial charge >= 0.3 is 17.9 Å². The summed E-state index contributed by atoms with van der Waals surface area (Å²) in [6, 6.07) is 0. The van der Waals surface area contributed by atoms with Crippen molar-refractivity contribution in [2.24, 2.45) is 5.92 Å². The van der Waals surface area contributed by atoms with Crippen molar-refractivity contribution < 1.29 is 34.4 Å². The molecule has 0 aromatic carbocycles. The van der Waals surface area contributed by atoms with E-state index in [0.29, 0.717) is 0 Å². The fourth-order valence-electron chi connectivity index (χ4n) is 1.71. The first-order chi connectivity index (χ1) is 9.72. The minimum atomic E-state index is -2.15. The highest BCUT2D eigenvalue weighted by Gasteiger charge is 2.49. The summed E-state index contributed by atoms with van der Waals surface area (Å²) in [6.07, 6.45) is 3.02. The number of carbonyl (C=O) groups is 3. The average molecular weight is 298 g/mol. The van der Waals surface area contributed by atoms with Gasteiger partial charge in [-0.1, -0.05) is 18.2 Å². The van der Waals surface area contributed by atoms with Gasteiger partial charge in [-0.05, 0) is 6.92 Å².